The summed E-state index contributed by atoms with van der Waals surface area (Å²) in [5.74, 6) is 1.37. The summed E-state index contributed by atoms with van der Waals surface area (Å²) in [6.45, 7) is 4.33. The molecule has 0 radical (unpaired) electrons. The number of carbonyl (C=O) groups excluding carboxylic acids is 1. The topological polar surface area (TPSA) is 59.0 Å². The van der Waals surface area contributed by atoms with Crippen molar-refractivity contribution in [3.8, 4) is 17.2 Å². The molecule has 0 aliphatic rings. The molecule has 0 bridgehead atoms. The van der Waals surface area contributed by atoms with Gasteiger partial charge in [-0.1, -0.05) is 12.1 Å². The maximum absolute atomic E-state index is 12.4. The van der Waals surface area contributed by atoms with E-state index in [1.807, 2.05) is 13.8 Å². The molecule has 0 aliphatic heterocycles. The van der Waals surface area contributed by atoms with Crippen LogP contribution in [0.2, 0.25) is 0 Å². The molecule has 0 aromatic heterocycles. The molecule has 0 aliphatic carbocycles. The first kappa shape index (κ1) is 16.7. The summed E-state index contributed by atoms with van der Waals surface area (Å²) in [6.07, 6.45) is -0.418. The molecule has 2 aromatic rings. The average molecular weight is 315 g/mol. The van der Waals surface area contributed by atoms with E-state index in [9.17, 15) is 9.90 Å². The highest BCUT2D eigenvalue weighted by atomic mass is 16.6. The number of nitrogens with zero attached hydrogens (tertiary/aromatic N) is 1. The minimum atomic E-state index is -0.418. The summed E-state index contributed by atoms with van der Waals surface area (Å²) in [7, 11) is 1.58. The fourth-order valence-electron chi connectivity index (χ4n) is 2.30. The van der Waals surface area contributed by atoms with E-state index in [2.05, 4.69) is 0 Å². The number of amides is 1. The number of hydrogen-bond donors (Lipinski definition) is 1. The van der Waals surface area contributed by atoms with Crippen molar-refractivity contribution in [1.82, 2.24) is 4.90 Å². The third kappa shape index (κ3) is 4.16. The lowest BCUT2D eigenvalue weighted by atomic mass is 10.1. The van der Waals surface area contributed by atoms with Crippen LogP contribution in [-0.4, -0.2) is 29.8 Å². The smallest absolute Gasteiger partial charge is 0.415 e. The highest BCUT2D eigenvalue weighted by Gasteiger charge is 2.21. The lowest BCUT2D eigenvalue weighted by Crippen LogP contribution is -2.35. The van der Waals surface area contributed by atoms with Gasteiger partial charge >= 0.3 is 6.09 Å². The van der Waals surface area contributed by atoms with E-state index in [0.717, 1.165) is 5.56 Å². The highest BCUT2D eigenvalue weighted by Crippen LogP contribution is 2.24. The molecule has 2 rings (SSSR count). The average Bonchev–Trinajstić information content (AvgIpc) is 2.56. The van der Waals surface area contributed by atoms with E-state index in [1.54, 1.807) is 60.5 Å². The van der Waals surface area contributed by atoms with Crippen LogP contribution in [0.4, 0.5) is 4.79 Å². The summed E-state index contributed by atoms with van der Waals surface area (Å²) in [5.41, 5.74) is 0.927. The van der Waals surface area contributed by atoms with Crippen molar-refractivity contribution in [1.29, 1.82) is 0 Å². The second kappa shape index (κ2) is 7.54. The van der Waals surface area contributed by atoms with Gasteiger partial charge in [0.1, 0.15) is 17.2 Å². The van der Waals surface area contributed by atoms with Crippen LogP contribution in [0.5, 0.6) is 17.2 Å². The summed E-state index contributed by atoms with van der Waals surface area (Å²) in [5, 5.41) is 9.37. The fourth-order valence-corrected chi connectivity index (χ4v) is 2.30. The van der Waals surface area contributed by atoms with Gasteiger partial charge in [0.15, 0.2) is 0 Å². The first-order valence-electron chi connectivity index (χ1n) is 7.46. The molecule has 5 nitrogen and oxygen atoms in total. The number of hydrogen-bond acceptors (Lipinski definition) is 4. The van der Waals surface area contributed by atoms with E-state index in [-0.39, 0.29) is 11.8 Å². The molecule has 23 heavy (non-hydrogen) atoms. The number of phenolic OH excluding ortho intramolecular Hbond substituents is 1. The van der Waals surface area contributed by atoms with E-state index >= 15 is 0 Å². The lowest BCUT2D eigenvalue weighted by molar-refractivity contribution is 0.138. The van der Waals surface area contributed by atoms with Crippen molar-refractivity contribution in [3.05, 3.63) is 54.1 Å². The Kier molecular flexibility index (Phi) is 5.46. The van der Waals surface area contributed by atoms with E-state index in [0.29, 0.717) is 18.0 Å². The number of methoxy groups -OCH3 is 1. The Morgan fingerprint density at radius 2 is 1.65 bits per heavy atom. The predicted molar refractivity (Wildman–Crippen MR) is 87.9 cm³/mol. The van der Waals surface area contributed by atoms with E-state index in [4.69, 9.17) is 9.47 Å². The van der Waals surface area contributed by atoms with Crippen LogP contribution in [0.15, 0.2) is 48.5 Å². The first-order chi connectivity index (χ1) is 11.0. The lowest BCUT2D eigenvalue weighted by Gasteiger charge is -2.27. The number of carbonyl (C=O) groups is 1. The normalized spacial score (nSPS) is 11.6. The molecule has 122 valence electrons. The highest BCUT2D eigenvalue weighted by molar-refractivity contribution is 5.71. The summed E-state index contributed by atoms with van der Waals surface area (Å²) in [6, 6.07) is 13.5. The Hall–Kier alpha value is -2.69. The van der Waals surface area contributed by atoms with Gasteiger partial charge < -0.3 is 19.5 Å². The Labute approximate surface area is 136 Å². The van der Waals surface area contributed by atoms with Gasteiger partial charge in [0, 0.05) is 6.54 Å². The maximum atomic E-state index is 12.4. The minimum absolute atomic E-state index is 0.161. The van der Waals surface area contributed by atoms with Gasteiger partial charge in [-0.3, -0.25) is 0 Å². The maximum Gasteiger partial charge on any atom is 0.415 e. The van der Waals surface area contributed by atoms with Gasteiger partial charge in [-0.05, 0) is 55.8 Å². The van der Waals surface area contributed by atoms with E-state index in [1.165, 1.54) is 0 Å². The molecule has 0 heterocycles. The standard InChI is InChI=1S/C18H21NO4/c1-4-19(13(2)14-5-7-15(20)8-6-14)18(21)23-17-11-9-16(22-3)10-12-17/h5-13,20H,4H2,1-3H3/t13-/m0/s1. The van der Waals surface area contributed by atoms with Crippen LogP contribution in [0.1, 0.15) is 25.5 Å². The molecule has 2 aromatic carbocycles. The molecule has 0 unspecified atom stereocenters. The van der Waals surface area contributed by atoms with Crippen molar-refractivity contribution in [2.24, 2.45) is 0 Å². The molecule has 0 saturated heterocycles. The number of ether oxygens (including phenoxy) is 2. The Balaban J connectivity index is 2.09. The molecule has 5 heteroatoms. The third-order valence-electron chi connectivity index (χ3n) is 3.68. The van der Waals surface area contributed by atoms with Gasteiger partial charge in [0.25, 0.3) is 0 Å². The van der Waals surface area contributed by atoms with Gasteiger partial charge in [0.2, 0.25) is 0 Å². The van der Waals surface area contributed by atoms with Crippen LogP contribution in [0.25, 0.3) is 0 Å². The SMILES string of the molecule is CCN(C(=O)Oc1ccc(OC)cc1)[C@@H](C)c1ccc(O)cc1. The quantitative estimate of drug-likeness (QED) is 0.906. The Morgan fingerprint density at radius 1 is 1.09 bits per heavy atom. The van der Waals surface area contributed by atoms with E-state index < -0.39 is 6.09 Å². The van der Waals surface area contributed by atoms with Gasteiger partial charge in [-0.25, -0.2) is 4.79 Å². The molecular formula is C18H21NO4. The van der Waals surface area contributed by atoms with Crippen molar-refractivity contribution in [2.75, 3.05) is 13.7 Å². The predicted octanol–water partition coefficient (Wildman–Crippen LogP) is 3.98. The monoisotopic (exact) mass is 315 g/mol. The van der Waals surface area contributed by atoms with Gasteiger partial charge in [-0.15, -0.1) is 0 Å². The Bertz CT molecular complexity index is 637. The van der Waals surface area contributed by atoms with Crippen LogP contribution in [0, 0.1) is 0 Å². The Morgan fingerprint density at radius 3 is 2.17 bits per heavy atom. The first-order valence-corrected chi connectivity index (χ1v) is 7.46. The van der Waals surface area contributed by atoms with Crippen molar-refractivity contribution < 1.29 is 19.4 Å². The van der Waals surface area contributed by atoms with Crippen LogP contribution in [0.3, 0.4) is 0 Å². The number of rotatable bonds is 5. The number of phenols is 1. The molecule has 1 N–H and O–H groups in total. The second-order valence-electron chi connectivity index (χ2n) is 5.10. The zero-order chi connectivity index (χ0) is 16.8. The molecular weight excluding hydrogens is 294 g/mol. The molecule has 0 saturated carbocycles. The summed E-state index contributed by atoms with van der Waals surface area (Å²) in [4.78, 5) is 14.0. The van der Waals surface area contributed by atoms with Gasteiger partial charge in [0.05, 0.1) is 13.2 Å². The fraction of sp³-hybridized carbons (Fsp3) is 0.278. The van der Waals surface area contributed by atoms with Crippen LogP contribution in [-0.2, 0) is 0 Å². The second-order valence-corrected chi connectivity index (χ2v) is 5.10. The molecule has 1 amide bonds. The largest absolute Gasteiger partial charge is 0.508 e. The minimum Gasteiger partial charge on any atom is -0.508 e. The number of benzene rings is 2. The number of aromatic hydroxyl groups is 1. The van der Waals surface area contributed by atoms with Crippen LogP contribution < -0.4 is 9.47 Å². The molecule has 0 spiro atoms. The van der Waals surface area contributed by atoms with Crippen molar-refractivity contribution >= 4 is 6.09 Å². The van der Waals surface area contributed by atoms with Crippen molar-refractivity contribution in [3.63, 3.8) is 0 Å². The third-order valence-corrected chi connectivity index (χ3v) is 3.68. The van der Waals surface area contributed by atoms with Crippen molar-refractivity contribution in [2.45, 2.75) is 19.9 Å². The molecule has 1 atom stereocenters. The van der Waals surface area contributed by atoms with Crippen LogP contribution >= 0.6 is 0 Å². The summed E-state index contributed by atoms with van der Waals surface area (Å²) < 4.78 is 10.5. The summed E-state index contributed by atoms with van der Waals surface area (Å²) >= 11 is 0. The van der Waals surface area contributed by atoms with Gasteiger partial charge in [-0.2, -0.15) is 0 Å². The molecule has 0 fully saturated rings. The zero-order valence-corrected chi connectivity index (χ0v) is 13.5. The zero-order valence-electron chi connectivity index (χ0n) is 13.5.